The number of nitrogens with one attached hydrogen (secondary N) is 3. The summed E-state index contributed by atoms with van der Waals surface area (Å²) in [6.07, 6.45) is 6.16. The van der Waals surface area contributed by atoms with E-state index in [9.17, 15) is 9.59 Å². The van der Waals surface area contributed by atoms with Gasteiger partial charge in [0.2, 0.25) is 0 Å². The van der Waals surface area contributed by atoms with Gasteiger partial charge in [-0.3, -0.25) is 10.1 Å². The van der Waals surface area contributed by atoms with Gasteiger partial charge in [-0.05, 0) is 37.2 Å². The molecule has 14 heteroatoms. The van der Waals surface area contributed by atoms with E-state index in [-0.39, 0.29) is 48.5 Å². The van der Waals surface area contributed by atoms with Crippen LogP contribution in [0.4, 0.5) is 10.6 Å². The Balaban J connectivity index is 1.37. The van der Waals surface area contributed by atoms with Crippen LogP contribution in [0.1, 0.15) is 24.9 Å². The van der Waals surface area contributed by atoms with Crippen LogP contribution in [-0.2, 0) is 19.0 Å². The minimum atomic E-state index is -1.04. The number of carbonyl (C=O) groups excluding carboxylic acids is 1. The number of anilines is 1. The molecule has 13 nitrogen and oxygen atoms in total. The number of amides is 2. The number of urea groups is 1. The highest BCUT2D eigenvalue weighted by Gasteiger charge is 2.52. The molecule has 40 heavy (non-hydrogen) atoms. The molecular formula is C26H29N7O6S. The number of fused-ring (bicyclic) bond motifs is 2. The topological polar surface area (TPSA) is 162 Å². The van der Waals surface area contributed by atoms with Crippen molar-refractivity contribution in [2.75, 3.05) is 25.0 Å². The monoisotopic (exact) mass is 567 g/mol. The maximum absolute atomic E-state index is 12.1. The number of ether oxygens (including phenoxy) is 3. The SMILES string of the molecule is CCNC(=O)Nc1ncnc2c1ncn2C1CC(COC(=S)NCC(=O)O)C2O[C@H](C=Cc3ccccc3)OC21. The van der Waals surface area contributed by atoms with Crippen molar-refractivity contribution >= 4 is 52.5 Å². The first-order valence-electron chi connectivity index (χ1n) is 12.8. The summed E-state index contributed by atoms with van der Waals surface area (Å²) in [6, 6.07) is 9.23. The number of benzene rings is 1. The zero-order valence-electron chi connectivity index (χ0n) is 21.6. The van der Waals surface area contributed by atoms with E-state index in [2.05, 4.69) is 30.9 Å². The third kappa shape index (κ3) is 6.19. The first-order chi connectivity index (χ1) is 19.4. The average molecular weight is 568 g/mol. The summed E-state index contributed by atoms with van der Waals surface area (Å²) in [5, 5.41) is 16.8. The van der Waals surface area contributed by atoms with Crippen LogP contribution in [0.2, 0.25) is 0 Å². The van der Waals surface area contributed by atoms with Gasteiger partial charge in [0, 0.05) is 12.5 Å². The Morgan fingerprint density at radius 1 is 1.18 bits per heavy atom. The maximum atomic E-state index is 12.1. The Kier molecular flexibility index (Phi) is 8.48. The van der Waals surface area contributed by atoms with E-state index in [0.29, 0.717) is 29.9 Å². The van der Waals surface area contributed by atoms with Gasteiger partial charge < -0.3 is 34.5 Å². The van der Waals surface area contributed by atoms with E-state index in [4.69, 9.17) is 31.5 Å². The number of imidazole rings is 1. The summed E-state index contributed by atoms with van der Waals surface area (Å²) in [7, 11) is 0. The van der Waals surface area contributed by atoms with Gasteiger partial charge in [0.1, 0.15) is 19.0 Å². The molecule has 1 saturated heterocycles. The molecule has 0 bridgehead atoms. The van der Waals surface area contributed by atoms with Gasteiger partial charge >= 0.3 is 12.0 Å². The summed E-state index contributed by atoms with van der Waals surface area (Å²) in [6.45, 7) is 2.15. The minimum Gasteiger partial charge on any atom is -0.480 e. The Morgan fingerprint density at radius 2 is 1.98 bits per heavy atom. The molecule has 5 rings (SSSR count). The molecule has 0 radical (unpaired) electrons. The quantitative estimate of drug-likeness (QED) is 0.281. The summed E-state index contributed by atoms with van der Waals surface area (Å²) >= 11 is 5.13. The van der Waals surface area contributed by atoms with Crippen molar-refractivity contribution in [2.24, 2.45) is 5.92 Å². The summed E-state index contributed by atoms with van der Waals surface area (Å²) in [4.78, 5) is 36.1. The molecule has 2 amide bonds. The molecule has 2 fully saturated rings. The Labute approximate surface area is 234 Å². The van der Waals surface area contributed by atoms with Crippen LogP contribution in [-0.4, -0.2) is 80.0 Å². The van der Waals surface area contributed by atoms with Crippen molar-refractivity contribution in [3.63, 3.8) is 0 Å². The van der Waals surface area contributed by atoms with Crippen molar-refractivity contribution in [1.82, 2.24) is 30.2 Å². The summed E-state index contributed by atoms with van der Waals surface area (Å²) in [5.74, 6) is -0.865. The van der Waals surface area contributed by atoms with E-state index < -0.39 is 12.3 Å². The third-order valence-corrected chi connectivity index (χ3v) is 6.90. The number of carboxylic acid groups (broad SMARTS) is 1. The second-order valence-corrected chi connectivity index (χ2v) is 9.65. The summed E-state index contributed by atoms with van der Waals surface area (Å²) < 4.78 is 20.3. The first-order valence-corrected chi connectivity index (χ1v) is 13.2. The molecule has 1 aliphatic carbocycles. The second-order valence-electron chi connectivity index (χ2n) is 9.28. The zero-order valence-corrected chi connectivity index (χ0v) is 22.4. The number of thiocarbonyl (C=S) groups is 1. The van der Waals surface area contributed by atoms with Crippen LogP contribution < -0.4 is 16.0 Å². The highest BCUT2D eigenvalue weighted by Crippen LogP contribution is 2.45. The van der Waals surface area contributed by atoms with Gasteiger partial charge in [-0.1, -0.05) is 36.4 Å². The van der Waals surface area contributed by atoms with Crippen LogP contribution >= 0.6 is 12.2 Å². The van der Waals surface area contributed by atoms with Crippen LogP contribution in [0.25, 0.3) is 17.2 Å². The number of aromatic nitrogens is 4. The van der Waals surface area contributed by atoms with Crippen LogP contribution in [0.3, 0.4) is 0 Å². The molecule has 3 heterocycles. The molecule has 1 saturated carbocycles. The lowest BCUT2D eigenvalue weighted by atomic mass is 10.1. The van der Waals surface area contributed by atoms with Gasteiger partial charge in [0.25, 0.3) is 5.17 Å². The predicted molar refractivity (Wildman–Crippen MR) is 148 cm³/mol. The lowest BCUT2D eigenvalue weighted by molar-refractivity contribution is -0.135. The van der Waals surface area contributed by atoms with Gasteiger partial charge in [0.15, 0.2) is 23.3 Å². The molecule has 0 spiro atoms. The lowest BCUT2D eigenvalue weighted by Gasteiger charge is -2.20. The molecule has 210 valence electrons. The fourth-order valence-corrected chi connectivity index (χ4v) is 5.06. The maximum Gasteiger partial charge on any atom is 0.323 e. The normalized spacial score (nSPS) is 23.7. The van der Waals surface area contributed by atoms with Crippen molar-refractivity contribution in [3.05, 3.63) is 54.6 Å². The van der Waals surface area contributed by atoms with Crippen molar-refractivity contribution in [1.29, 1.82) is 0 Å². The smallest absolute Gasteiger partial charge is 0.323 e. The van der Waals surface area contributed by atoms with E-state index in [0.717, 1.165) is 5.56 Å². The van der Waals surface area contributed by atoms with Crippen LogP contribution in [0, 0.1) is 5.92 Å². The number of hydrogen-bond donors (Lipinski definition) is 4. The number of rotatable bonds is 9. The van der Waals surface area contributed by atoms with E-state index in [1.165, 1.54) is 6.33 Å². The van der Waals surface area contributed by atoms with Gasteiger partial charge in [-0.15, -0.1) is 0 Å². The molecule has 1 aromatic carbocycles. The predicted octanol–water partition coefficient (Wildman–Crippen LogP) is 2.33. The Hall–Kier alpha value is -4.14. The fourth-order valence-electron chi connectivity index (χ4n) is 4.92. The minimum absolute atomic E-state index is 0.00346. The number of hydrogen-bond acceptors (Lipinski definition) is 9. The molecule has 2 aromatic heterocycles. The molecule has 3 aromatic rings. The highest BCUT2D eigenvalue weighted by atomic mass is 32.1. The first kappa shape index (κ1) is 27.4. The third-order valence-electron chi connectivity index (χ3n) is 6.64. The van der Waals surface area contributed by atoms with E-state index >= 15 is 0 Å². The van der Waals surface area contributed by atoms with E-state index in [1.807, 2.05) is 54.0 Å². The van der Waals surface area contributed by atoms with Gasteiger partial charge in [-0.25, -0.2) is 19.7 Å². The largest absolute Gasteiger partial charge is 0.480 e. The molecular weight excluding hydrogens is 538 g/mol. The van der Waals surface area contributed by atoms with Crippen molar-refractivity contribution in [3.8, 4) is 0 Å². The molecule has 4 N–H and O–H groups in total. The molecule has 4 unspecified atom stereocenters. The second kappa shape index (κ2) is 12.4. The number of carbonyl (C=O) groups is 2. The number of nitrogens with zero attached hydrogens (tertiary/aromatic N) is 4. The highest BCUT2D eigenvalue weighted by molar-refractivity contribution is 7.80. The fraction of sp³-hybridized carbons (Fsp3) is 0.385. The average Bonchev–Trinajstić information content (AvgIpc) is 3.64. The molecule has 1 aliphatic heterocycles. The zero-order chi connectivity index (χ0) is 28.1. The summed E-state index contributed by atoms with van der Waals surface area (Å²) in [5.41, 5.74) is 2.00. The van der Waals surface area contributed by atoms with Gasteiger partial charge in [0.05, 0.1) is 25.1 Å². The van der Waals surface area contributed by atoms with E-state index in [1.54, 1.807) is 6.33 Å². The Morgan fingerprint density at radius 3 is 2.75 bits per heavy atom. The lowest BCUT2D eigenvalue weighted by Crippen LogP contribution is -2.33. The van der Waals surface area contributed by atoms with Gasteiger partial charge in [-0.2, -0.15) is 0 Å². The number of carboxylic acids is 1. The van der Waals surface area contributed by atoms with Crippen LogP contribution in [0.15, 0.2) is 49.1 Å². The Bertz CT molecular complexity index is 1400. The van der Waals surface area contributed by atoms with Crippen molar-refractivity contribution < 1.29 is 28.9 Å². The van der Waals surface area contributed by atoms with Crippen molar-refractivity contribution in [2.45, 2.75) is 37.9 Å². The van der Waals surface area contributed by atoms with Crippen LogP contribution in [0.5, 0.6) is 0 Å². The standard InChI is InChI=1S/C26H29N7O6S/c1-2-27-25(36)32-23-20-24(30-13-29-23)33(14-31-20)17-10-16(12-37-26(40)28-11-18(34)35)21-22(17)39-19(38-21)9-8-15-6-4-3-5-7-15/h3-9,13-14,16-17,19,21-22H,2,10-12H2,1H3,(H,28,40)(H,34,35)(H2,27,29,30,32,36)/t16?,17?,19-,21?,22?/m0/s1. The molecule has 2 aliphatic rings. The number of aliphatic carboxylic acids is 1. The molecule has 5 atom stereocenters.